The first-order chi connectivity index (χ1) is 13.2. The van der Waals surface area contributed by atoms with E-state index < -0.39 is 11.7 Å². The van der Waals surface area contributed by atoms with Crippen LogP contribution in [0.2, 0.25) is 0 Å². The van der Waals surface area contributed by atoms with Gasteiger partial charge in [0.25, 0.3) is 5.91 Å². The highest BCUT2D eigenvalue weighted by molar-refractivity contribution is 6.01. The monoisotopic (exact) mass is 383 g/mol. The summed E-state index contributed by atoms with van der Waals surface area (Å²) < 4.78 is 5.47. The Labute approximate surface area is 161 Å². The molecule has 1 heterocycles. The van der Waals surface area contributed by atoms with E-state index in [2.05, 4.69) is 5.32 Å². The largest absolute Gasteiger partial charge is 0.508 e. The van der Waals surface area contributed by atoms with Crippen LogP contribution in [-0.2, 0) is 13.0 Å². The number of fused-ring (bicyclic) bond motifs is 1. The van der Waals surface area contributed by atoms with Gasteiger partial charge in [-0.05, 0) is 44.9 Å². The summed E-state index contributed by atoms with van der Waals surface area (Å²) in [7, 11) is 0. The Bertz CT molecular complexity index is 995. The Balaban J connectivity index is 2.07. The number of amides is 1. The maximum absolute atomic E-state index is 12.7. The number of carbonyl (C=O) groups excluding carboxylic acids is 2. The fourth-order valence-electron chi connectivity index (χ4n) is 3.14. The average molecular weight is 383 g/mol. The summed E-state index contributed by atoms with van der Waals surface area (Å²) in [6.07, 6.45) is 2.17. The zero-order valence-corrected chi connectivity index (χ0v) is 15.8. The standard InChI is InChI=1S/C21H21NO6/c1-10(2)4-5-13-17(8-14-15(19(13)25)9-22-20(14)26)28-21(27)18-11(3)6-12(23)7-16(18)24/h4,6-8,23-25H,5,9H2,1-3H3,(H,22,26). The molecule has 2 aromatic carbocycles. The van der Waals surface area contributed by atoms with Crippen LogP contribution in [0.1, 0.15) is 51.3 Å². The summed E-state index contributed by atoms with van der Waals surface area (Å²) in [5, 5.41) is 32.9. The summed E-state index contributed by atoms with van der Waals surface area (Å²) in [4.78, 5) is 24.7. The number of nitrogens with one attached hydrogen (secondary N) is 1. The third-order valence-electron chi connectivity index (χ3n) is 4.56. The summed E-state index contributed by atoms with van der Waals surface area (Å²) in [6.45, 7) is 5.56. The number of rotatable bonds is 4. The summed E-state index contributed by atoms with van der Waals surface area (Å²) in [5.74, 6) is -1.86. The Hall–Kier alpha value is -3.48. The van der Waals surface area contributed by atoms with Crippen LogP contribution >= 0.6 is 0 Å². The summed E-state index contributed by atoms with van der Waals surface area (Å²) in [6, 6.07) is 3.80. The molecular weight excluding hydrogens is 362 g/mol. The maximum Gasteiger partial charge on any atom is 0.347 e. The fraction of sp³-hybridized carbons (Fsp3) is 0.238. The number of aromatic hydroxyl groups is 3. The predicted octanol–water partition coefficient (Wildman–Crippen LogP) is 3.08. The van der Waals surface area contributed by atoms with Gasteiger partial charge in [-0.3, -0.25) is 4.79 Å². The van der Waals surface area contributed by atoms with E-state index in [1.807, 2.05) is 19.9 Å². The molecule has 0 aliphatic carbocycles. The Kier molecular flexibility index (Phi) is 5.00. The van der Waals surface area contributed by atoms with Gasteiger partial charge in [0.2, 0.25) is 0 Å². The van der Waals surface area contributed by atoms with Gasteiger partial charge in [-0.1, -0.05) is 11.6 Å². The molecule has 0 atom stereocenters. The lowest BCUT2D eigenvalue weighted by molar-refractivity contribution is 0.0728. The van der Waals surface area contributed by atoms with Crippen molar-refractivity contribution in [2.45, 2.75) is 33.7 Å². The highest BCUT2D eigenvalue weighted by Crippen LogP contribution is 2.38. The van der Waals surface area contributed by atoms with Gasteiger partial charge >= 0.3 is 5.97 Å². The van der Waals surface area contributed by atoms with Crippen molar-refractivity contribution < 1.29 is 29.6 Å². The van der Waals surface area contributed by atoms with Crippen molar-refractivity contribution in [2.75, 3.05) is 0 Å². The summed E-state index contributed by atoms with van der Waals surface area (Å²) >= 11 is 0. The second kappa shape index (κ2) is 7.26. The van der Waals surface area contributed by atoms with Crippen molar-refractivity contribution in [3.05, 3.63) is 57.7 Å². The van der Waals surface area contributed by atoms with Crippen LogP contribution in [-0.4, -0.2) is 27.2 Å². The zero-order chi connectivity index (χ0) is 20.6. The van der Waals surface area contributed by atoms with Crippen molar-refractivity contribution in [3.8, 4) is 23.0 Å². The number of ether oxygens (including phenoxy) is 1. The first-order valence-electron chi connectivity index (χ1n) is 8.73. The highest BCUT2D eigenvalue weighted by Gasteiger charge is 2.28. The Morgan fingerprint density at radius 1 is 1.21 bits per heavy atom. The third kappa shape index (κ3) is 3.51. The minimum Gasteiger partial charge on any atom is -0.508 e. The molecule has 1 aliphatic heterocycles. The van der Waals surface area contributed by atoms with Gasteiger partial charge in [-0.2, -0.15) is 0 Å². The van der Waals surface area contributed by atoms with Gasteiger partial charge < -0.3 is 25.4 Å². The lowest BCUT2D eigenvalue weighted by atomic mass is 9.99. The van der Waals surface area contributed by atoms with E-state index >= 15 is 0 Å². The predicted molar refractivity (Wildman–Crippen MR) is 102 cm³/mol. The molecule has 0 unspecified atom stereocenters. The number of hydrogen-bond donors (Lipinski definition) is 4. The van der Waals surface area contributed by atoms with Crippen molar-refractivity contribution in [3.63, 3.8) is 0 Å². The molecule has 7 nitrogen and oxygen atoms in total. The van der Waals surface area contributed by atoms with Crippen molar-refractivity contribution >= 4 is 11.9 Å². The number of carbonyl (C=O) groups is 2. The van der Waals surface area contributed by atoms with Crippen LogP contribution in [0, 0.1) is 6.92 Å². The van der Waals surface area contributed by atoms with E-state index in [0.717, 1.165) is 11.6 Å². The van der Waals surface area contributed by atoms with E-state index in [1.165, 1.54) is 12.1 Å². The molecule has 1 aliphatic rings. The topological polar surface area (TPSA) is 116 Å². The Morgan fingerprint density at radius 2 is 1.93 bits per heavy atom. The number of hydrogen-bond acceptors (Lipinski definition) is 6. The van der Waals surface area contributed by atoms with E-state index in [4.69, 9.17) is 4.74 Å². The normalized spacial score (nSPS) is 12.3. The lowest BCUT2D eigenvalue weighted by Crippen LogP contribution is -2.14. The third-order valence-corrected chi connectivity index (χ3v) is 4.56. The van der Waals surface area contributed by atoms with Crippen molar-refractivity contribution in [1.82, 2.24) is 5.32 Å². The molecule has 3 rings (SSSR count). The Morgan fingerprint density at radius 3 is 2.57 bits per heavy atom. The minimum atomic E-state index is -0.855. The van der Waals surface area contributed by atoms with Crippen molar-refractivity contribution in [2.24, 2.45) is 0 Å². The average Bonchev–Trinajstić information content (AvgIpc) is 2.94. The van der Waals surface area contributed by atoms with E-state index in [-0.39, 0.29) is 40.8 Å². The number of esters is 1. The molecule has 7 heteroatoms. The van der Waals surface area contributed by atoms with Gasteiger partial charge in [0.1, 0.15) is 28.6 Å². The van der Waals surface area contributed by atoms with Crippen LogP contribution in [0.4, 0.5) is 0 Å². The fourth-order valence-corrected chi connectivity index (χ4v) is 3.14. The molecule has 0 spiro atoms. The van der Waals surface area contributed by atoms with E-state index in [9.17, 15) is 24.9 Å². The van der Waals surface area contributed by atoms with Gasteiger partial charge in [0.05, 0.1) is 5.56 Å². The van der Waals surface area contributed by atoms with Gasteiger partial charge in [0.15, 0.2) is 0 Å². The molecule has 146 valence electrons. The van der Waals surface area contributed by atoms with Crippen LogP contribution in [0.15, 0.2) is 29.8 Å². The molecule has 0 bridgehead atoms. The zero-order valence-electron chi connectivity index (χ0n) is 15.8. The van der Waals surface area contributed by atoms with Gasteiger partial charge in [-0.25, -0.2) is 4.79 Å². The molecule has 4 N–H and O–H groups in total. The number of benzene rings is 2. The molecule has 0 aromatic heterocycles. The van der Waals surface area contributed by atoms with Crippen LogP contribution in [0.3, 0.4) is 0 Å². The smallest absolute Gasteiger partial charge is 0.347 e. The van der Waals surface area contributed by atoms with Crippen LogP contribution in [0.25, 0.3) is 0 Å². The highest BCUT2D eigenvalue weighted by atomic mass is 16.5. The molecule has 28 heavy (non-hydrogen) atoms. The molecular formula is C21H21NO6. The van der Waals surface area contributed by atoms with Crippen molar-refractivity contribution in [1.29, 1.82) is 0 Å². The molecule has 0 fully saturated rings. The van der Waals surface area contributed by atoms with Crippen LogP contribution in [0.5, 0.6) is 23.0 Å². The number of aryl methyl sites for hydroxylation is 1. The molecule has 1 amide bonds. The van der Waals surface area contributed by atoms with Crippen LogP contribution < -0.4 is 10.1 Å². The lowest BCUT2D eigenvalue weighted by Gasteiger charge is -2.15. The number of allylic oxidation sites excluding steroid dienone is 2. The number of phenolic OH excluding ortho intramolecular Hbond substituents is 3. The SMILES string of the molecule is CC(C)=CCc1c(OC(=O)c2c(C)cc(O)cc2O)cc2c(c1O)CNC2=O. The molecule has 2 aromatic rings. The second-order valence-corrected chi connectivity index (χ2v) is 6.94. The van der Waals surface area contributed by atoms with Gasteiger partial charge in [0, 0.05) is 23.7 Å². The molecule has 0 saturated heterocycles. The molecule has 0 saturated carbocycles. The maximum atomic E-state index is 12.7. The quantitative estimate of drug-likeness (QED) is 0.366. The van der Waals surface area contributed by atoms with E-state index in [0.29, 0.717) is 23.1 Å². The number of phenols is 3. The molecule has 0 radical (unpaired) electrons. The summed E-state index contributed by atoms with van der Waals surface area (Å²) in [5.41, 5.74) is 2.32. The van der Waals surface area contributed by atoms with Gasteiger partial charge in [-0.15, -0.1) is 0 Å². The second-order valence-electron chi connectivity index (χ2n) is 6.94. The van der Waals surface area contributed by atoms with E-state index in [1.54, 1.807) is 6.92 Å². The minimum absolute atomic E-state index is 0.0441. The first kappa shape index (κ1) is 19.3. The first-order valence-corrected chi connectivity index (χ1v) is 8.73.